The minimum atomic E-state index is -4.47. The van der Waals surface area contributed by atoms with E-state index in [1.54, 1.807) is 0 Å². The van der Waals surface area contributed by atoms with Gasteiger partial charge in [0, 0.05) is 12.8 Å². The van der Waals surface area contributed by atoms with Crippen LogP contribution in [0.3, 0.4) is 0 Å². The molecule has 9 fully saturated rings. The molecule has 6 atom stereocenters. The lowest BCUT2D eigenvalue weighted by molar-refractivity contribution is -0.275. The van der Waals surface area contributed by atoms with Crippen molar-refractivity contribution in [3.05, 3.63) is 0 Å². The zero-order valence-electron chi connectivity index (χ0n) is 63.2. The molecular formula is C81H155F3O5. The van der Waals surface area contributed by atoms with Crippen molar-refractivity contribution in [2.24, 2.45) is 111 Å². The molecule has 0 bridgehead atoms. The van der Waals surface area contributed by atoms with Crippen LogP contribution in [-0.2, 0) is 9.53 Å². The fourth-order valence-corrected chi connectivity index (χ4v) is 16.4. The van der Waals surface area contributed by atoms with Gasteiger partial charge in [0.2, 0.25) is 0 Å². The van der Waals surface area contributed by atoms with Crippen molar-refractivity contribution in [1.29, 1.82) is 0 Å². The number of halogens is 3. The van der Waals surface area contributed by atoms with Crippen LogP contribution in [0.1, 0.15) is 364 Å². The summed E-state index contributed by atoms with van der Waals surface area (Å²) in [6.45, 7) is 51.2. The monoisotopic (exact) mass is 1270 g/mol. The molecule has 9 rings (SSSR count). The largest absolute Gasteiger partial charge is 0.417 e. The third-order valence-corrected chi connectivity index (χ3v) is 24.8. The normalized spacial score (nSPS) is 31.0. The number of Topliss-reactive ketones (excluding diaryl/α,β-unsaturated/α-hetero) is 1. The molecule has 1 saturated heterocycles. The maximum absolute atomic E-state index is 12.5. The van der Waals surface area contributed by atoms with Gasteiger partial charge < -0.3 is 20.1 Å². The molecule has 1 aliphatic heterocycles. The van der Waals surface area contributed by atoms with E-state index in [-0.39, 0.29) is 36.4 Å². The Bertz CT molecular complexity index is 1760. The Morgan fingerprint density at radius 3 is 1.06 bits per heavy atom. The Morgan fingerprint density at radius 2 is 0.742 bits per heavy atom. The molecule has 0 aromatic heterocycles. The standard InChI is InChI=1S/C11H20O.2C11H22.C10H17F3O.C10H20O.C10H20.C9H16O.C9H18O/c1-9(2)10-3-5-11(6-4-10)7-8-12-11;2*1-9(2)10-5-7-11(3,4)8-6-10;1-7(2)8-4-3-5-9(14,6-8)10(11,12)13;1-8(2)9-5-4-6-10(3,11)7-9;1-8(2)10-6-4-9(3)5-7-10;1-7(2)8-3-5-9(10)6-4-8;1-7(2)8-4-3-5-9(10)6-8/h9-10H,3-8H2,1-2H3;2*9-10H,5-8H2,1-4H3;7-8,14H,3-6H2,1-2H3;8-9,11H,4-7H2,1-3H3;8-10H,4-7H2,1-3H3;7-8H,3-6H2,1-2H3;7-10H,3-6H2,1-2H3. The van der Waals surface area contributed by atoms with Gasteiger partial charge in [0.25, 0.3) is 0 Å². The molecule has 1 spiro atoms. The topological polar surface area (TPSA) is 87.0 Å². The molecule has 0 aromatic rings. The summed E-state index contributed by atoms with van der Waals surface area (Å²) in [5, 5.41) is 28.6. The summed E-state index contributed by atoms with van der Waals surface area (Å²) in [6.07, 6.45) is 33.9. The second-order valence-corrected chi connectivity index (χ2v) is 36.3. The van der Waals surface area contributed by atoms with Gasteiger partial charge >= 0.3 is 6.18 Å². The predicted octanol–water partition coefficient (Wildman–Crippen LogP) is 24.5. The molecule has 8 saturated carbocycles. The zero-order chi connectivity index (χ0) is 67.7. The lowest BCUT2D eigenvalue weighted by Gasteiger charge is -2.47. The van der Waals surface area contributed by atoms with Gasteiger partial charge in [0.1, 0.15) is 5.78 Å². The molecule has 9 aliphatic rings. The van der Waals surface area contributed by atoms with Crippen LogP contribution in [0.15, 0.2) is 0 Å². The Kier molecular flexibility index (Phi) is 38.0. The summed E-state index contributed by atoms with van der Waals surface area (Å²) in [5.74, 6) is 14.0. The molecule has 3 N–H and O–H groups in total. The molecule has 0 aromatic carbocycles. The van der Waals surface area contributed by atoms with E-state index in [9.17, 15) is 33.3 Å². The Balaban J connectivity index is 0.000000347. The maximum atomic E-state index is 12.5. The third-order valence-electron chi connectivity index (χ3n) is 24.8. The van der Waals surface area contributed by atoms with Gasteiger partial charge in [-0.2, -0.15) is 13.2 Å². The number of carbonyl (C=O) groups excluding carboxylic acids is 1. The molecule has 6 unspecified atom stereocenters. The fourth-order valence-electron chi connectivity index (χ4n) is 16.4. The van der Waals surface area contributed by atoms with Crippen LogP contribution in [0.4, 0.5) is 13.2 Å². The lowest BCUT2D eigenvalue weighted by atomic mass is 9.70. The molecular weight excluding hydrogens is 1110 g/mol. The summed E-state index contributed by atoms with van der Waals surface area (Å²) in [5.41, 5.74) is -1.14. The van der Waals surface area contributed by atoms with Crippen LogP contribution in [-0.4, -0.2) is 56.8 Å². The first-order chi connectivity index (χ1) is 41.1. The van der Waals surface area contributed by atoms with Crippen molar-refractivity contribution < 1.29 is 38.0 Å². The van der Waals surface area contributed by atoms with Crippen molar-refractivity contribution in [3.8, 4) is 0 Å². The number of aliphatic hydroxyl groups is 3. The van der Waals surface area contributed by atoms with Crippen molar-refractivity contribution in [1.82, 2.24) is 0 Å². The molecule has 8 aliphatic carbocycles. The number of rotatable bonds is 8. The van der Waals surface area contributed by atoms with Crippen LogP contribution < -0.4 is 0 Å². The van der Waals surface area contributed by atoms with Crippen molar-refractivity contribution in [2.75, 3.05) is 6.61 Å². The number of alkyl halides is 3. The summed E-state index contributed by atoms with van der Waals surface area (Å²) in [6, 6.07) is 0. The van der Waals surface area contributed by atoms with Crippen LogP contribution in [0.2, 0.25) is 0 Å². The highest BCUT2D eigenvalue weighted by atomic mass is 19.4. The van der Waals surface area contributed by atoms with Crippen LogP contribution in [0, 0.1) is 111 Å². The number of hydrogen-bond acceptors (Lipinski definition) is 5. The number of aliphatic hydroxyl groups excluding tert-OH is 1. The maximum Gasteiger partial charge on any atom is 0.417 e. The van der Waals surface area contributed by atoms with Crippen LogP contribution in [0.25, 0.3) is 0 Å². The second-order valence-electron chi connectivity index (χ2n) is 36.3. The number of hydrogen-bond donors (Lipinski definition) is 3. The van der Waals surface area contributed by atoms with Gasteiger partial charge in [-0.25, -0.2) is 0 Å². The van der Waals surface area contributed by atoms with E-state index >= 15 is 0 Å². The van der Waals surface area contributed by atoms with Crippen LogP contribution in [0.5, 0.6) is 0 Å². The summed E-state index contributed by atoms with van der Waals surface area (Å²) in [4.78, 5) is 10.8. The summed E-state index contributed by atoms with van der Waals surface area (Å²) >= 11 is 0. The first-order valence-corrected chi connectivity index (χ1v) is 38.5. The van der Waals surface area contributed by atoms with Gasteiger partial charge in [-0.1, -0.05) is 178 Å². The molecule has 0 amide bonds. The molecule has 8 heteroatoms. The average molecular weight is 1270 g/mol. The summed E-state index contributed by atoms with van der Waals surface area (Å²) in [7, 11) is 0. The molecule has 5 nitrogen and oxygen atoms in total. The minimum Gasteiger partial charge on any atom is -0.393 e. The van der Waals surface area contributed by atoms with Crippen molar-refractivity contribution in [3.63, 3.8) is 0 Å². The SMILES string of the molecule is CC(C)C1CCC(=O)CC1.CC(C)C1CCC(C)(C)CC1.CC(C)C1CCC(C)(C)CC1.CC(C)C1CCC2(CCO2)CC1.CC(C)C1CCCC(C)(O)C1.CC(C)C1CCCC(O)(C(F)(F)F)C1.CC(C)C1CCCC(O)C1.CC1CCC(C(C)C)CC1. The van der Waals surface area contributed by atoms with E-state index in [1.165, 1.54) is 135 Å². The quantitative estimate of drug-likeness (QED) is 0.225. The van der Waals surface area contributed by atoms with Crippen LogP contribution >= 0.6 is 0 Å². The predicted molar refractivity (Wildman–Crippen MR) is 377 cm³/mol. The fraction of sp³-hybridized carbons (Fsp3) is 0.988. The van der Waals surface area contributed by atoms with E-state index in [2.05, 4.69) is 132 Å². The van der Waals surface area contributed by atoms with E-state index in [1.807, 2.05) is 20.8 Å². The number of carbonyl (C=O) groups is 1. The first-order valence-electron chi connectivity index (χ1n) is 38.5. The Hall–Kier alpha value is -0.700. The van der Waals surface area contributed by atoms with E-state index in [0.29, 0.717) is 28.6 Å². The van der Waals surface area contributed by atoms with E-state index < -0.39 is 11.8 Å². The van der Waals surface area contributed by atoms with Gasteiger partial charge in [-0.05, 0) is 285 Å². The molecule has 0 radical (unpaired) electrons. The van der Waals surface area contributed by atoms with Gasteiger partial charge in [0.05, 0.1) is 23.9 Å². The minimum absolute atomic E-state index is 0.00106. The molecule has 89 heavy (non-hydrogen) atoms. The third kappa shape index (κ3) is 33.2. The zero-order valence-corrected chi connectivity index (χ0v) is 63.2. The smallest absolute Gasteiger partial charge is 0.393 e. The molecule has 1 heterocycles. The van der Waals surface area contributed by atoms with E-state index in [4.69, 9.17) is 4.74 Å². The van der Waals surface area contributed by atoms with Gasteiger partial charge in [0.15, 0.2) is 5.60 Å². The Labute approximate surface area is 552 Å². The number of ether oxygens (including phenoxy) is 1. The van der Waals surface area contributed by atoms with Gasteiger partial charge in [-0.3, -0.25) is 4.79 Å². The van der Waals surface area contributed by atoms with Crippen molar-refractivity contribution >= 4 is 5.78 Å². The molecule has 530 valence electrons. The summed E-state index contributed by atoms with van der Waals surface area (Å²) < 4.78 is 43.2. The van der Waals surface area contributed by atoms with E-state index in [0.717, 1.165) is 153 Å². The number of ketones is 1. The highest BCUT2D eigenvalue weighted by molar-refractivity contribution is 5.79. The lowest BCUT2D eigenvalue weighted by Crippen LogP contribution is -2.49. The highest BCUT2D eigenvalue weighted by Crippen LogP contribution is 2.47. The second kappa shape index (κ2) is 40.1. The van der Waals surface area contributed by atoms with Gasteiger partial charge in [-0.15, -0.1) is 0 Å². The first kappa shape index (κ1) is 84.4. The van der Waals surface area contributed by atoms with Crippen molar-refractivity contribution in [2.45, 2.75) is 393 Å². The Morgan fingerprint density at radius 1 is 0.404 bits per heavy atom. The highest BCUT2D eigenvalue weighted by Gasteiger charge is 2.55. The average Bonchev–Trinajstić information content (AvgIpc) is 1.41.